The van der Waals surface area contributed by atoms with Crippen molar-refractivity contribution in [2.45, 2.75) is 18.3 Å². The summed E-state index contributed by atoms with van der Waals surface area (Å²) in [6.07, 6.45) is 1.03. The fraction of sp³-hybridized carbons (Fsp3) is 0.294. The highest BCUT2D eigenvalue weighted by Crippen LogP contribution is 2.40. The first-order chi connectivity index (χ1) is 9.77. The molecule has 0 radical (unpaired) electrons. The van der Waals surface area contributed by atoms with E-state index in [0.717, 1.165) is 29.5 Å². The summed E-state index contributed by atoms with van der Waals surface area (Å²) >= 11 is 3.64. The minimum absolute atomic E-state index is 0.0988. The van der Waals surface area contributed by atoms with Crippen LogP contribution in [0.5, 0.6) is 0 Å². The van der Waals surface area contributed by atoms with Crippen molar-refractivity contribution in [2.24, 2.45) is 0 Å². The van der Waals surface area contributed by atoms with Gasteiger partial charge in [-0.25, -0.2) is 4.39 Å². The Kier molecular flexibility index (Phi) is 4.18. The molecule has 0 amide bonds. The Morgan fingerprint density at radius 2 is 1.65 bits per heavy atom. The quantitative estimate of drug-likeness (QED) is 0.856. The summed E-state index contributed by atoms with van der Waals surface area (Å²) < 4.78 is 15.2. The van der Waals surface area contributed by atoms with Gasteiger partial charge in [-0.3, -0.25) is 0 Å². The smallest absolute Gasteiger partial charge is 0.126 e. The molecule has 1 aliphatic rings. The standard InChI is InChI=1S/C17H17BrFN/c18-16-7-3-1-5-13(16)12-9-10-20-11-15(12)14-6-2-4-8-17(14)19/h1-8,12,15,20H,9-11H2. The van der Waals surface area contributed by atoms with Crippen molar-refractivity contribution in [1.82, 2.24) is 5.32 Å². The van der Waals surface area contributed by atoms with Gasteiger partial charge in [-0.1, -0.05) is 52.3 Å². The molecule has 2 aromatic rings. The second-order valence-electron chi connectivity index (χ2n) is 5.25. The highest BCUT2D eigenvalue weighted by molar-refractivity contribution is 9.10. The molecule has 20 heavy (non-hydrogen) atoms. The minimum atomic E-state index is -0.0988. The predicted octanol–water partition coefficient (Wildman–Crippen LogP) is 4.45. The maximum absolute atomic E-state index is 14.1. The molecule has 3 heteroatoms. The third-order valence-corrected chi connectivity index (χ3v) is 4.81. The number of hydrogen-bond donors (Lipinski definition) is 1. The van der Waals surface area contributed by atoms with Crippen LogP contribution in [0, 0.1) is 5.82 Å². The molecule has 2 aromatic carbocycles. The van der Waals surface area contributed by atoms with Gasteiger partial charge in [-0.2, -0.15) is 0 Å². The van der Waals surface area contributed by atoms with Gasteiger partial charge in [0.15, 0.2) is 0 Å². The van der Waals surface area contributed by atoms with Crippen molar-refractivity contribution in [1.29, 1.82) is 0 Å². The Hall–Kier alpha value is -1.19. The van der Waals surface area contributed by atoms with Crippen molar-refractivity contribution in [3.05, 3.63) is 69.9 Å². The van der Waals surface area contributed by atoms with E-state index < -0.39 is 0 Å². The molecule has 1 fully saturated rings. The van der Waals surface area contributed by atoms with Crippen molar-refractivity contribution in [3.63, 3.8) is 0 Å². The normalized spacial score (nSPS) is 22.7. The molecule has 1 aliphatic heterocycles. The molecule has 0 aromatic heterocycles. The first kappa shape index (κ1) is 13.8. The van der Waals surface area contributed by atoms with E-state index in [1.807, 2.05) is 18.2 Å². The molecule has 2 unspecified atom stereocenters. The lowest BCUT2D eigenvalue weighted by Gasteiger charge is -2.33. The van der Waals surface area contributed by atoms with Crippen molar-refractivity contribution < 1.29 is 4.39 Å². The maximum Gasteiger partial charge on any atom is 0.126 e. The van der Waals surface area contributed by atoms with Crippen LogP contribution >= 0.6 is 15.9 Å². The fourth-order valence-corrected chi connectivity index (χ4v) is 3.69. The average molecular weight is 334 g/mol. The van der Waals surface area contributed by atoms with E-state index in [0.29, 0.717) is 5.92 Å². The molecular formula is C17H17BrFN. The molecular weight excluding hydrogens is 317 g/mol. The zero-order chi connectivity index (χ0) is 13.9. The van der Waals surface area contributed by atoms with Crippen LogP contribution in [0.25, 0.3) is 0 Å². The summed E-state index contributed by atoms with van der Waals surface area (Å²) in [4.78, 5) is 0. The molecule has 0 saturated carbocycles. The van der Waals surface area contributed by atoms with Crippen LogP contribution < -0.4 is 5.32 Å². The zero-order valence-electron chi connectivity index (χ0n) is 11.2. The molecule has 2 atom stereocenters. The lowest BCUT2D eigenvalue weighted by atomic mass is 9.77. The van der Waals surface area contributed by atoms with Gasteiger partial charge in [0, 0.05) is 16.9 Å². The largest absolute Gasteiger partial charge is 0.316 e. The van der Waals surface area contributed by atoms with Gasteiger partial charge in [-0.15, -0.1) is 0 Å². The monoisotopic (exact) mass is 333 g/mol. The van der Waals surface area contributed by atoms with Gasteiger partial charge >= 0.3 is 0 Å². The molecule has 1 saturated heterocycles. The molecule has 0 aliphatic carbocycles. The van der Waals surface area contributed by atoms with Crippen LogP contribution in [-0.2, 0) is 0 Å². The Morgan fingerprint density at radius 1 is 0.950 bits per heavy atom. The SMILES string of the molecule is Fc1ccccc1C1CNCCC1c1ccccc1Br. The topological polar surface area (TPSA) is 12.0 Å². The third-order valence-electron chi connectivity index (χ3n) is 4.09. The fourth-order valence-electron chi connectivity index (χ4n) is 3.11. The van der Waals surface area contributed by atoms with Crippen LogP contribution in [0.4, 0.5) is 4.39 Å². The van der Waals surface area contributed by atoms with Crippen LogP contribution in [0.3, 0.4) is 0 Å². The second kappa shape index (κ2) is 6.06. The molecule has 0 bridgehead atoms. The van der Waals surface area contributed by atoms with Gasteiger partial charge in [0.2, 0.25) is 0 Å². The molecule has 0 spiro atoms. The molecule has 1 nitrogen and oxygen atoms in total. The Labute approximate surface area is 127 Å². The van der Waals surface area contributed by atoms with Crippen LogP contribution in [-0.4, -0.2) is 13.1 Å². The minimum Gasteiger partial charge on any atom is -0.316 e. The van der Waals surface area contributed by atoms with E-state index in [2.05, 4.69) is 39.4 Å². The molecule has 1 heterocycles. The number of piperidine rings is 1. The van der Waals surface area contributed by atoms with Crippen molar-refractivity contribution in [2.75, 3.05) is 13.1 Å². The first-order valence-electron chi connectivity index (χ1n) is 6.97. The van der Waals surface area contributed by atoms with Gasteiger partial charge in [0.05, 0.1) is 0 Å². The summed E-state index contributed by atoms with van der Waals surface area (Å²) in [6.45, 7) is 1.81. The van der Waals surface area contributed by atoms with Crippen molar-refractivity contribution >= 4 is 15.9 Å². The van der Waals surface area contributed by atoms with Crippen LogP contribution in [0.15, 0.2) is 53.0 Å². The van der Waals surface area contributed by atoms with E-state index in [9.17, 15) is 4.39 Å². The summed E-state index contributed by atoms with van der Waals surface area (Å²) in [5.74, 6) is 0.436. The third kappa shape index (κ3) is 2.65. The predicted molar refractivity (Wildman–Crippen MR) is 83.5 cm³/mol. The van der Waals surface area contributed by atoms with E-state index in [4.69, 9.17) is 0 Å². The summed E-state index contributed by atoms with van der Waals surface area (Å²) in [5.41, 5.74) is 2.10. The Bertz CT molecular complexity index is 546. The van der Waals surface area contributed by atoms with E-state index in [-0.39, 0.29) is 11.7 Å². The van der Waals surface area contributed by atoms with Gasteiger partial charge in [0.25, 0.3) is 0 Å². The Balaban J connectivity index is 2.00. The summed E-state index contributed by atoms with van der Waals surface area (Å²) in [6, 6.07) is 15.4. The van der Waals surface area contributed by atoms with E-state index in [1.165, 1.54) is 5.56 Å². The van der Waals surface area contributed by atoms with Gasteiger partial charge in [0.1, 0.15) is 5.82 Å². The van der Waals surface area contributed by atoms with Crippen LogP contribution in [0.1, 0.15) is 29.4 Å². The summed E-state index contributed by atoms with van der Waals surface area (Å²) in [7, 11) is 0. The average Bonchev–Trinajstić information content (AvgIpc) is 2.48. The lowest BCUT2D eigenvalue weighted by Crippen LogP contribution is -2.34. The molecule has 3 rings (SSSR count). The Morgan fingerprint density at radius 3 is 2.40 bits per heavy atom. The van der Waals surface area contributed by atoms with E-state index >= 15 is 0 Å². The van der Waals surface area contributed by atoms with E-state index in [1.54, 1.807) is 12.1 Å². The number of nitrogens with one attached hydrogen (secondary N) is 1. The number of benzene rings is 2. The summed E-state index contributed by atoms with van der Waals surface area (Å²) in [5, 5.41) is 3.40. The highest BCUT2D eigenvalue weighted by atomic mass is 79.9. The van der Waals surface area contributed by atoms with Gasteiger partial charge < -0.3 is 5.32 Å². The van der Waals surface area contributed by atoms with Crippen LogP contribution in [0.2, 0.25) is 0 Å². The highest BCUT2D eigenvalue weighted by Gasteiger charge is 2.30. The maximum atomic E-state index is 14.1. The zero-order valence-corrected chi connectivity index (χ0v) is 12.7. The lowest BCUT2D eigenvalue weighted by molar-refractivity contribution is 0.393. The number of hydrogen-bond acceptors (Lipinski definition) is 1. The van der Waals surface area contributed by atoms with Gasteiger partial charge in [-0.05, 0) is 42.1 Å². The molecule has 1 N–H and O–H groups in total. The number of rotatable bonds is 2. The first-order valence-corrected chi connectivity index (χ1v) is 7.76. The number of halogens is 2. The molecule has 104 valence electrons. The second-order valence-corrected chi connectivity index (χ2v) is 6.10. The van der Waals surface area contributed by atoms with Crippen molar-refractivity contribution in [3.8, 4) is 0 Å².